The summed E-state index contributed by atoms with van der Waals surface area (Å²) in [7, 11) is 0. The van der Waals surface area contributed by atoms with Gasteiger partial charge < -0.3 is 15.0 Å². The van der Waals surface area contributed by atoms with E-state index in [1.54, 1.807) is 6.20 Å². The number of aryl methyl sites for hydroxylation is 1. The van der Waals surface area contributed by atoms with Crippen LogP contribution in [0.5, 0.6) is 0 Å². The average Bonchev–Trinajstić information content (AvgIpc) is 3.15. The maximum absolute atomic E-state index is 5.76. The first-order chi connectivity index (χ1) is 9.81. The molecule has 1 aliphatic heterocycles. The van der Waals surface area contributed by atoms with E-state index >= 15 is 0 Å². The lowest BCUT2D eigenvalue weighted by atomic mass is 10.1. The van der Waals surface area contributed by atoms with Gasteiger partial charge in [-0.25, -0.2) is 0 Å². The molecule has 2 aromatic heterocycles. The van der Waals surface area contributed by atoms with Crippen LogP contribution in [0.3, 0.4) is 0 Å². The molecule has 0 aromatic carbocycles. The second kappa shape index (κ2) is 5.68. The highest BCUT2D eigenvalue weighted by Crippen LogP contribution is 2.32. The maximum Gasteiger partial charge on any atom is 0.256 e. The van der Waals surface area contributed by atoms with Gasteiger partial charge in [0.15, 0.2) is 0 Å². The third-order valence-electron chi connectivity index (χ3n) is 3.57. The van der Waals surface area contributed by atoms with Gasteiger partial charge >= 0.3 is 0 Å². The molecular weight excluding hydrogens is 256 g/mol. The summed E-state index contributed by atoms with van der Waals surface area (Å²) in [4.78, 5) is 8.78. The standard InChI is InChI=1S/C14H18N4O2/c1-2-9-4-3-7-16-12(9)13-17-14(20-18-13)11-6-5-10(8-15)19-11/h3-4,7,10-11H,2,5-6,8,15H2,1H3. The molecule has 106 valence electrons. The molecule has 2 aromatic rings. The highest BCUT2D eigenvalue weighted by atomic mass is 16.5. The average molecular weight is 274 g/mol. The Morgan fingerprint density at radius 3 is 3.05 bits per heavy atom. The van der Waals surface area contributed by atoms with E-state index in [1.807, 2.05) is 12.1 Å². The summed E-state index contributed by atoms with van der Waals surface area (Å²) in [6.45, 7) is 2.60. The lowest BCUT2D eigenvalue weighted by Gasteiger charge is -2.07. The van der Waals surface area contributed by atoms with E-state index < -0.39 is 0 Å². The SMILES string of the molecule is CCc1cccnc1-c1noc(C2CCC(CN)O2)n1. The van der Waals surface area contributed by atoms with Crippen molar-refractivity contribution in [3.63, 3.8) is 0 Å². The van der Waals surface area contributed by atoms with Crippen LogP contribution in [0.25, 0.3) is 11.5 Å². The van der Waals surface area contributed by atoms with E-state index in [0.29, 0.717) is 18.3 Å². The number of nitrogens with zero attached hydrogens (tertiary/aromatic N) is 3. The molecule has 3 heterocycles. The molecule has 1 fully saturated rings. The highest BCUT2D eigenvalue weighted by molar-refractivity contribution is 5.53. The number of pyridine rings is 1. The summed E-state index contributed by atoms with van der Waals surface area (Å²) in [5, 5.41) is 4.03. The van der Waals surface area contributed by atoms with Gasteiger partial charge in [0.1, 0.15) is 11.8 Å². The summed E-state index contributed by atoms with van der Waals surface area (Å²) in [5.74, 6) is 1.04. The minimum Gasteiger partial charge on any atom is -0.364 e. The van der Waals surface area contributed by atoms with Gasteiger partial charge in [-0.1, -0.05) is 18.1 Å². The van der Waals surface area contributed by atoms with Gasteiger partial charge in [0.2, 0.25) is 5.82 Å². The first-order valence-corrected chi connectivity index (χ1v) is 6.95. The molecule has 20 heavy (non-hydrogen) atoms. The first-order valence-electron chi connectivity index (χ1n) is 6.95. The molecule has 0 spiro atoms. The number of hydrogen-bond acceptors (Lipinski definition) is 6. The van der Waals surface area contributed by atoms with Crippen LogP contribution in [0, 0.1) is 0 Å². The van der Waals surface area contributed by atoms with Crippen molar-refractivity contribution in [3.05, 3.63) is 29.8 Å². The number of rotatable bonds is 4. The molecule has 0 bridgehead atoms. The Bertz CT molecular complexity index is 584. The largest absolute Gasteiger partial charge is 0.364 e. The molecule has 2 unspecified atom stereocenters. The van der Waals surface area contributed by atoms with Crippen molar-refractivity contribution < 1.29 is 9.26 Å². The summed E-state index contributed by atoms with van der Waals surface area (Å²) in [6, 6.07) is 3.93. The van der Waals surface area contributed by atoms with Crippen LogP contribution < -0.4 is 5.73 Å². The smallest absolute Gasteiger partial charge is 0.256 e. The zero-order chi connectivity index (χ0) is 13.9. The van der Waals surface area contributed by atoms with Crippen molar-refractivity contribution in [3.8, 4) is 11.5 Å². The number of nitrogens with two attached hydrogens (primary N) is 1. The van der Waals surface area contributed by atoms with Gasteiger partial charge in [-0.05, 0) is 30.9 Å². The number of hydrogen-bond donors (Lipinski definition) is 1. The fraction of sp³-hybridized carbons (Fsp3) is 0.500. The summed E-state index contributed by atoms with van der Waals surface area (Å²) in [6.07, 6.45) is 4.37. The lowest BCUT2D eigenvalue weighted by Crippen LogP contribution is -2.18. The van der Waals surface area contributed by atoms with Crippen molar-refractivity contribution in [2.45, 2.75) is 38.4 Å². The van der Waals surface area contributed by atoms with E-state index in [0.717, 1.165) is 30.5 Å². The Morgan fingerprint density at radius 2 is 2.30 bits per heavy atom. The molecule has 6 heteroatoms. The molecule has 0 amide bonds. The van der Waals surface area contributed by atoms with E-state index in [1.165, 1.54) is 0 Å². The molecule has 6 nitrogen and oxygen atoms in total. The van der Waals surface area contributed by atoms with Crippen molar-refractivity contribution in [1.82, 2.24) is 15.1 Å². The van der Waals surface area contributed by atoms with Gasteiger partial charge in [0.05, 0.1) is 6.10 Å². The third kappa shape index (κ3) is 2.44. The van der Waals surface area contributed by atoms with E-state index in [-0.39, 0.29) is 12.2 Å². The van der Waals surface area contributed by atoms with Crippen LogP contribution in [0.1, 0.15) is 37.3 Å². The fourth-order valence-electron chi connectivity index (χ4n) is 2.45. The Kier molecular flexibility index (Phi) is 3.75. The van der Waals surface area contributed by atoms with E-state index in [4.69, 9.17) is 15.0 Å². The summed E-state index contributed by atoms with van der Waals surface area (Å²) >= 11 is 0. The van der Waals surface area contributed by atoms with Gasteiger partial charge in [-0.15, -0.1) is 0 Å². The zero-order valence-electron chi connectivity index (χ0n) is 11.5. The molecule has 0 radical (unpaired) electrons. The van der Waals surface area contributed by atoms with Crippen molar-refractivity contribution in [2.24, 2.45) is 5.73 Å². The first kappa shape index (κ1) is 13.2. The topological polar surface area (TPSA) is 87.1 Å². The quantitative estimate of drug-likeness (QED) is 0.915. The predicted octanol–water partition coefficient (Wildman–Crippen LogP) is 1.87. The van der Waals surface area contributed by atoms with Crippen molar-refractivity contribution in [2.75, 3.05) is 6.54 Å². The Balaban J connectivity index is 1.83. The molecule has 0 saturated carbocycles. The summed E-state index contributed by atoms with van der Waals surface area (Å²) in [5.41, 5.74) is 7.49. The van der Waals surface area contributed by atoms with Crippen LogP contribution in [0.4, 0.5) is 0 Å². The highest BCUT2D eigenvalue weighted by Gasteiger charge is 2.30. The second-order valence-electron chi connectivity index (χ2n) is 4.88. The maximum atomic E-state index is 5.76. The number of ether oxygens (including phenoxy) is 1. The minimum atomic E-state index is -0.140. The molecule has 0 aliphatic carbocycles. The van der Waals surface area contributed by atoms with E-state index in [2.05, 4.69) is 22.0 Å². The third-order valence-corrected chi connectivity index (χ3v) is 3.57. The van der Waals surface area contributed by atoms with Crippen LogP contribution in [0.2, 0.25) is 0 Å². The van der Waals surface area contributed by atoms with E-state index in [9.17, 15) is 0 Å². The molecule has 2 N–H and O–H groups in total. The summed E-state index contributed by atoms with van der Waals surface area (Å²) < 4.78 is 11.1. The Labute approximate surface area is 117 Å². The minimum absolute atomic E-state index is 0.0939. The molecule has 3 rings (SSSR count). The molecule has 1 saturated heterocycles. The normalized spacial score (nSPS) is 22.3. The molecular formula is C14H18N4O2. The van der Waals surface area contributed by atoms with Crippen LogP contribution in [0.15, 0.2) is 22.9 Å². The van der Waals surface area contributed by atoms with Crippen LogP contribution in [-0.2, 0) is 11.2 Å². The molecule has 2 atom stereocenters. The lowest BCUT2D eigenvalue weighted by molar-refractivity contribution is 0.0307. The number of aromatic nitrogens is 3. The van der Waals surface area contributed by atoms with Gasteiger partial charge in [0.25, 0.3) is 5.89 Å². The Hall–Kier alpha value is -1.79. The van der Waals surface area contributed by atoms with Crippen molar-refractivity contribution >= 4 is 0 Å². The monoisotopic (exact) mass is 274 g/mol. The zero-order valence-corrected chi connectivity index (χ0v) is 11.5. The molecule has 1 aliphatic rings. The van der Waals surface area contributed by atoms with Gasteiger partial charge in [0, 0.05) is 12.7 Å². The fourth-order valence-corrected chi connectivity index (χ4v) is 2.45. The van der Waals surface area contributed by atoms with Crippen molar-refractivity contribution in [1.29, 1.82) is 0 Å². The predicted molar refractivity (Wildman–Crippen MR) is 72.8 cm³/mol. The Morgan fingerprint density at radius 1 is 1.40 bits per heavy atom. The van der Waals surface area contributed by atoms with Gasteiger partial charge in [-0.2, -0.15) is 4.98 Å². The van der Waals surface area contributed by atoms with Crippen LogP contribution >= 0.6 is 0 Å². The van der Waals surface area contributed by atoms with Crippen LogP contribution in [-0.4, -0.2) is 27.8 Å². The second-order valence-corrected chi connectivity index (χ2v) is 4.88. The van der Waals surface area contributed by atoms with Gasteiger partial charge in [-0.3, -0.25) is 4.98 Å².